The van der Waals surface area contributed by atoms with Crippen molar-refractivity contribution in [3.8, 4) is 0 Å². The van der Waals surface area contributed by atoms with Gasteiger partial charge in [-0.3, -0.25) is 4.99 Å². The van der Waals surface area contributed by atoms with Gasteiger partial charge in [0.1, 0.15) is 0 Å². The van der Waals surface area contributed by atoms with E-state index in [9.17, 15) is 13.2 Å². The van der Waals surface area contributed by atoms with Gasteiger partial charge in [-0.1, -0.05) is 13.0 Å². The molecule has 1 aromatic rings. The van der Waals surface area contributed by atoms with Gasteiger partial charge in [0.05, 0.1) is 11.3 Å². The van der Waals surface area contributed by atoms with E-state index < -0.39 is 11.7 Å². The van der Waals surface area contributed by atoms with E-state index in [-0.39, 0.29) is 5.92 Å². The highest BCUT2D eigenvalue weighted by atomic mass is 19.4. The van der Waals surface area contributed by atoms with E-state index in [0.29, 0.717) is 5.69 Å². The van der Waals surface area contributed by atoms with Crippen molar-refractivity contribution in [2.45, 2.75) is 25.9 Å². The fourth-order valence-corrected chi connectivity index (χ4v) is 1.69. The van der Waals surface area contributed by atoms with Crippen molar-refractivity contribution in [2.75, 3.05) is 0 Å². The maximum atomic E-state index is 12.4. The molecule has 0 aromatic heterocycles. The molecule has 1 aromatic carbocycles. The number of nitrogens with zero attached hydrogens (tertiary/aromatic N) is 1. The van der Waals surface area contributed by atoms with Crippen molar-refractivity contribution in [2.24, 2.45) is 4.99 Å². The standard InChI is InChI=1S/C11H10F3N/c1-6-7(2)15-10-5-8(11(12,13)14)3-4-9(6)10/h3-6H,1-2H3/t6-/m1/s1. The highest BCUT2D eigenvalue weighted by Gasteiger charge is 2.32. The lowest BCUT2D eigenvalue weighted by molar-refractivity contribution is -0.137. The Labute approximate surface area is 85.6 Å². The smallest absolute Gasteiger partial charge is 0.257 e. The second-order valence-corrected chi connectivity index (χ2v) is 3.75. The molecule has 0 unspecified atom stereocenters. The van der Waals surface area contributed by atoms with Gasteiger partial charge >= 0.3 is 6.18 Å². The molecule has 1 atom stereocenters. The van der Waals surface area contributed by atoms with Crippen LogP contribution < -0.4 is 0 Å². The van der Waals surface area contributed by atoms with Gasteiger partial charge in [0.25, 0.3) is 0 Å². The minimum absolute atomic E-state index is 0.127. The van der Waals surface area contributed by atoms with Gasteiger partial charge in [0.2, 0.25) is 0 Å². The average molecular weight is 213 g/mol. The Morgan fingerprint density at radius 2 is 1.93 bits per heavy atom. The summed E-state index contributed by atoms with van der Waals surface area (Å²) < 4.78 is 37.2. The molecule has 0 saturated heterocycles. The first kappa shape index (κ1) is 10.2. The van der Waals surface area contributed by atoms with Crippen LogP contribution in [0.2, 0.25) is 0 Å². The molecule has 1 nitrogen and oxygen atoms in total. The maximum absolute atomic E-state index is 12.4. The molecule has 1 aliphatic rings. The molecule has 0 bridgehead atoms. The molecule has 0 aliphatic carbocycles. The number of hydrogen-bond donors (Lipinski definition) is 0. The van der Waals surface area contributed by atoms with Crippen molar-refractivity contribution < 1.29 is 13.2 Å². The second kappa shape index (κ2) is 3.08. The number of alkyl halides is 3. The first-order valence-corrected chi connectivity index (χ1v) is 4.66. The first-order valence-electron chi connectivity index (χ1n) is 4.66. The third kappa shape index (κ3) is 1.64. The van der Waals surface area contributed by atoms with Crippen LogP contribution in [-0.2, 0) is 6.18 Å². The van der Waals surface area contributed by atoms with Crippen LogP contribution in [0, 0.1) is 0 Å². The minimum atomic E-state index is -4.29. The van der Waals surface area contributed by atoms with E-state index in [1.165, 1.54) is 6.07 Å². The second-order valence-electron chi connectivity index (χ2n) is 3.75. The lowest BCUT2D eigenvalue weighted by Crippen LogP contribution is -2.05. The third-order valence-electron chi connectivity index (χ3n) is 2.75. The largest absolute Gasteiger partial charge is 0.416 e. The van der Waals surface area contributed by atoms with E-state index >= 15 is 0 Å². The van der Waals surface area contributed by atoms with Crippen molar-refractivity contribution in [3.63, 3.8) is 0 Å². The molecule has 80 valence electrons. The fourth-order valence-electron chi connectivity index (χ4n) is 1.69. The molecule has 4 heteroatoms. The van der Waals surface area contributed by atoms with Crippen LogP contribution in [-0.4, -0.2) is 5.71 Å². The Bertz CT molecular complexity index is 432. The molecule has 1 aliphatic heterocycles. The number of benzene rings is 1. The fraction of sp³-hybridized carbons (Fsp3) is 0.364. The summed E-state index contributed by atoms with van der Waals surface area (Å²) in [5.74, 6) is 0.127. The summed E-state index contributed by atoms with van der Waals surface area (Å²) in [6.45, 7) is 3.77. The number of rotatable bonds is 0. The van der Waals surface area contributed by atoms with Gasteiger partial charge in [-0.05, 0) is 24.6 Å². The topological polar surface area (TPSA) is 12.4 Å². The third-order valence-corrected chi connectivity index (χ3v) is 2.75. The summed E-state index contributed by atoms with van der Waals surface area (Å²) in [5.41, 5.74) is 1.56. The molecule has 0 amide bonds. The maximum Gasteiger partial charge on any atom is 0.416 e. The van der Waals surface area contributed by atoms with E-state index in [2.05, 4.69) is 4.99 Å². The molecule has 1 heterocycles. The number of aliphatic imine (C=N–C) groups is 1. The summed E-state index contributed by atoms with van der Waals surface area (Å²) in [6, 6.07) is 3.74. The highest BCUT2D eigenvalue weighted by molar-refractivity contribution is 5.96. The summed E-state index contributed by atoms with van der Waals surface area (Å²) in [5, 5.41) is 0. The monoisotopic (exact) mass is 213 g/mol. The zero-order valence-corrected chi connectivity index (χ0v) is 8.39. The van der Waals surface area contributed by atoms with Crippen molar-refractivity contribution in [1.82, 2.24) is 0 Å². The molecule has 0 N–H and O–H groups in total. The predicted molar refractivity (Wildman–Crippen MR) is 52.6 cm³/mol. The molecule has 15 heavy (non-hydrogen) atoms. The van der Waals surface area contributed by atoms with Gasteiger partial charge in [0.15, 0.2) is 0 Å². The van der Waals surface area contributed by atoms with E-state index in [4.69, 9.17) is 0 Å². The first-order chi connectivity index (χ1) is 6.89. The summed E-state index contributed by atoms with van der Waals surface area (Å²) >= 11 is 0. The number of halogens is 3. The minimum Gasteiger partial charge on any atom is -0.257 e. The summed E-state index contributed by atoms with van der Waals surface area (Å²) in [7, 11) is 0. The summed E-state index contributed by atoms with van der Waals surface area (Å²) in [4.78, 5) is 4.12. The van der Waals surface area contributed by atoms with Gasteiger partial charge in [0, 0.05) is 11.6 Å². The Morgan fingerprint density at radius 3 is 2.53 bits per heavy atom. The van der Waals surface area contributed by atoms with E-state index in [1.54, 1.807) is 0 Å². The lowest BCUT2D eigenvalue weighted by atomic mass is 9.97. The Balaban J connectivity index is 2.50. The normalized spacial score (nSPS) is 20.1. The molecule has 0 spiro atoms. The Kier molecular flexibility index (Phi) is 2.10. The van der Waals surface area contributed by atoms with Crippen LogP contribution in [0.5, 0.6) is 0 Å². The predicted octanol–water partition coefficient (Wildman–Crippen LogP) is 3.91. The Hall–Kier alpha value is -1.32. The zero-order valence-electron chi connectivity index (χ0n) is 8.39. The van der Waals surface area contributed by atoms with Gasteiger partial charge < -0.3 is 0 Å². The van der Waals surface area contributed by atoms with E-state index in [0.717, 1.165) is 23.4 Å². The van der Waals surface area contributed by atoms with Crippen molar-refractivity contribution in [3.05, 3.63) is 29.3 Å². The van der Waals surface area contributed by atoms with Crippen LogP contribution >= 0.6 is 0 Å². The molecule has 0 saturated carbocycles. The molecule has 0 fully saturated rings. The average Bonchev–Trinajstić information content (AvgIpc) is 2.41. The molecule has 0 radical (unpaired) electrons. The Morgan fingerprint density at radius 1 is 1.27 bits per heavy atom. The SMILES string of the molecule is CC1=Nc2cc(C(F)(F)F)ccc2[C@@H]1C. The van der Waals surface area contributed by atoms with Crippen molar-refractivity contribution >= 4 is 11.4 Å². The van der Waals surface area contributed by atoms with Crippen LogP contribution in [0.3, 0.4) is 0 Å². The molecular formula is C11H10F3N. The van der Waals surface area contributed by atoms with Gasteiger partial charge in [-0.15, -0.1) is 0 Å². The van der Waals surface area contributed by atoms with Crippen LogP contribution in [0.25, 0.3) is 0 Å². The molecule has 2 rings (SSSR count). The zero-order chi connectivity index (χ0) is 11.2. The van der Waals surface area contributed by atoms with E-state index in [1.807, 2.05) is 13.8 Å². The summed E-state index contributed by atoms with van der Waals surface area (Å²) in [6.07, 6.45) is -4.29. The number of hydrogen-bond acceptors (Lipinski definition) is 1. The van der Waals surface area contributed by atoms with Crippen LogP contribution in [0.1, 0.15) is 30.9 Å². The van der Waals surface area contributed by atoms with Crippen molar-refractivity contribution in [1.29, 1.82) is 0 Å². The lowest BCUT2D eigenvalue weighted by Gasteiger charge is -2.09. The molecular weight excluding hydrogens is 203 g/mol. The van der Waals surface area contributed by atoms with Gasteiger partial charge in [-0.25, -0.2) is 0 Å². The van der Waals surface area contributed by atoms with Gasteiger partial charge in [-0.2, -0.15) is 13.2 Å². The number of fused-ring (bicyclic) bond motifs is 1. The van der Waals surface area contributed by atoms with Crippen LogP contribution in [0.15, 0.2) is 23.2 Å². The highest BCUT2D eigenvalue weighted by Crippen LogP contribution is 2.39. The van der Waals surface area contributed by atoms with Crippen LogP contribution in [0.4, 0.5) is 18.9 Å². The quantitative estimate of drug-likeness (QED) is 0.619.